The third-order valence-corrected chi connectivity index (χ3v) is 16.6. The number of quaternary nitrogens is 1. The fourth-order valence-electron chi connectivity index (χ4n) is 10.1. The summed E-state index contributed by atoms with van der Waals surface area (Å²) in [7, 11) is 1.48. The Balaban J connectivity index is 3.97. The quantitative estimate of drug-likeness (QED) is 0.0211. The van der Waals surface area contributed by atoms with E-state index in [-0.39, 0.29) is 32.0 Å². The number of rotatable bonds is 66. The van der Waals surface area contributed by atoms with Gasteiger partial charge in [0.15, 0.2) is 6.10 Å². The zero-order valence-electron chi connectivity index (χ0n) is 56.8. The highest BCUT2D eigenvalue weighted by atomic mass is 31.2. The largest absolute Gasteiger partial charge is 0.472 e. The first-order valence-electron chi connectivity index (χ1n) is 36.0. The van der Waals surface area contributed by atoms with Crippen LogP contribution in [0.15, 0.2) is 97.2 Å². The number of carbonyl (C=O) groups is 2. The van der Waals surface area contributed by atoms with Crippen molar-refractivity contribution < 1.29 is 42.1 Å². The van der Waals surface area contributed by atoms with Crippen LogP contribution in [0.25, 0.3) is 0 Å². The molecule has 1 N–H and O–H groups in total. The first kappa shape index (κ1) is 82.9. The monoisotopic (exact) mass is 1220 g/mol. The Hall–Kier alpha value is -3.07. The molecule has 0 saturated heterocycles. The van der Waals surface area contributed by atoms with Gasteiger partial charge in [-0.1, -0.05) is 310 Å². The van der Waals surface area contributed by atoms with E-state index in [1.165, 1.54) is 199 Å². The lowest BCUT2D eigenvalue weighted by Crippen LogP contribution is -2.37. The zero-order chi connectivity index (χ0) is 62.6. The molecule has 0 fully saturated rings. The maximum Gasteiger partial charge on any atom is 0.472 e. The molecule has 0 spiro atoms. The summed E-state index contributed by atoms with van der Waals surface area (Å²) in [6.07, 6.45) is 92.4. The van der Waals surface area contributed by atoms with Gasteiger partial charge < -0.3 is 18.9 Å². The molecule has 9 nitrogen and oxygen atoms in total. The van der Waals surface area contributed by atoms with Crippen molar-refractivity contribution in [2.24, 2.45) is 0 Å². The van der Waals surface area contributed by atoms with E-state index < -0.39 is 26.5 Å². The Bertz CT molecular complexity index is 1770. The minimum absolute atomic E-state index is 0.0290. The van der Waals surface area contributed by atoms with Crippen molar-refractivity contribution in [2.45, 2.75) is 328 Å². The molecule has 0 aromatic rings. The van der Waals surface area contributed by atoms with Gasteiger partial charge in [0.1, 0.15) is 19.8 Å². The van der Waals surface area contributed by atoms with Gasteiger partial charge in [0.2, 0.25) is 0 Å². The highest BCUT2D eigenvalue weighted by Gasteiger charge is 2.27. The normalized spacial score (nSPS) is 13.7. The van der Waals surface area contributed by atoms with Crippen LogP contribution in [-0.2, 0) is 32.7 Å². The molecule has 2 unspecified atom stereocenters. The maximum atomic E-state index is 12.9. The first-order valence-corrected chi connectivity index (χ1v) is 37.5. The molecular weight excluding hydrogens is 1090 g/mol. The predicted octanol–water partition coefficient (Wildman–Crippen LogP) is 23.5. The van der Waals surface area contributed by atoms with E-state index >= 15 is 0 Å². The summed E-state index contributed by atoms with van der Waals surface area (Å²) in [4.78, 5) is 35.9. The Morgan fingerprint density at radius 1 is 0.372 bits per heavy atom. The van der Waals surface area contributed by atoms with Gasteiger partial charge in [0.25, 0.3) is 0 Å². The van der Waals surface area contributed by atoms with Gasteiger partial charge in [0, 0.05) is 12.8 Å². The summed E-state index contributed by atoms with van der Waals surface area (Å²) in [6, 6.07) is 0. The molecule has 0 aliphatic heterocycles. The topological polar surface area (TPSA) is 108 Å². The summed E-state index contributed by atoms with van der Waals surface area (Å²) < 4.78 is 34.7. The van der Waals surface area contributed by atoms with Gasteiger partial charge >= 0.3 is 19.8 Å². The van der Waals surface area contributed by atoms with Crippen LogP contribution in [0.5, 0.6) is 0 Å². The Kier molecular flexibility index (Phi) is 64.0. The minimum Gasteiger partial charge on any atom is -0.462 e. The lowest BCUT2D eigenvalue weighted by Gasteiger charge is -2.24. The van der Waals surface area contributed by atoms with Crippen molar-refractivity contribution in [3.05, 3.63) is 97.2 Å². The highest BCUT2D eigenvalue weighted by molar-refractivity contribution is 7.47. The predicted molar refractivity (Wildman–Crippen MR) is 372 cm³/mol. The number of esters is 2. The number of hydrogen-bond acceptors (Lipinski definition) is 7. The fourth-order valence-corrected chi connectivity index (χ4v) is 10.9. The van der Waals surface area contributed by atoms with Crippen molar-refractivity contribution >= 4 is 19.8 Å². The molecule has 0 bridgehead atoms. The second-order valence-electron chi connectivity index (χ2n) is 25.2. The lowest BCUT2D eigenvalue weighted by atomic mass is 10.0. The second-order valence-corrected chi connectivity index (χ2v) is 26.7. The molecule has 10 heteroatoms. The smallest absolute Gasteiger partial charge is 0.462 e. The van der Waals surface area contributed by atoms with Crippen molar-refractivity contribution in [2.75, 3.05) is 47.5 Å². The molecule has 0 aromatic heterocycles. The number of unbranched alkanes of at least 4 members (excludes halogenated alkanes) is 36. The standard InChI is InChI=1S/C76H136NO8P/c1-6-8-10-12-14-16-18-20-22-24-26-28-30-31-32-33-34-35-36-37-38-39-40-41-42-43-44-45-47-49-51-53-55-57-59-61-63-65-67-69-76(79)85-74(73-84-86(80,81)83-71-70-77(3,4)5)72-82-75(78)68-66-64-62-60-58-56-54-52-50-48-46-29-27-25-23-21-19-17-15-13-11-9-7-2/h8,10,14,16,19-22,25-28,31-32,46,48,74H,6-7,9,11-13,15,17-18,23-24,29-30,33-45,47,49-73H2,1-5H3/p+1/b10-8-,16-14-,21-19-,22-20-,27-25-,28-26-,32-31-,48-46-. The average molecular weight is 1220 g/mol. The number of allylic oxidation sites excluding steroid dienone is 16. The van der Waals surface area contributed by atoms with Crippen molar-refractivity contribution in [3.63, 3.8) is 0 Å². The highest BCUT2D eigenvalue weighted by Crippen LogP contribution is 2.43. The summed E-state index contributed by atoms with van der Waals surface area (Å²) in [5.74, 6) is -0.795. The van der Waals surface area contributed by atoms with Crippen LogP contribution in [0.1, 0.15) is 322 Å². The van der Waals surface area contributed by atoms with E-state index in [4.69, 9.17) is 18.5 Å². The molecule has 86 heavy (non-hydrogen) atoms. The lowest BCUT2D eigenvalue weighted by molar-refractivity contribution is -0.870. The molecular formula is C76H137NO8P+. The van der Waals surface area contributed by atoms with E-state index in [0.717, 1.165) is 89.9 Å². The van der Waals surface area contributed by atoms with E-state index in [1.807, 2.05) is 21.1 Å². The number of hydrogen-bond donors (Lipinski definition) is 1. The molecule has 0 aromatic carbocycles. The zero-order valence-corrected chi connectivity index (χ0v) is 57.7. The number of phosphoric acid groups is 1. The molecule has 0 aliphatic rings. The molecule has 0 rings (SSSR count). The van der Waals surface area contributed by atoms with E-state index in [1.54, 1.807) is 0 Å². The van der Waals surface area contributed by atoms with Gasteiger partial charge in [-0.05, 0) is 96.3 Å². The van der Waals surface area contributed by atoms with Gasteiger partial charge in [-0.3, -0.25) is 18.6 Å². The number of nitrogens with zero attached hydrogens (tertiary/aromatic N) is 1. The van der Waals surface area contributed by atoms with Gasteiger partial charge in [-0.15, -0.1) is 0 Å². The molecule has 0 heterocycles. The van der Waals surface area contributed by atoms with Gasteiger partial charge in [-0.25, -0.2) is 4.57 Å². The summed E-state index contributed by atoms with van der Waals surface area (Å²) in [5.41, 5.74) is 0. The van der Waals surface area contributed by atoms with Crippen molar-refractivity contribution in [3.8, 4) is 0 Å². The number of carbonyl (C=O) groups excluding carboxylic acids is 2. The van der Waals surface area contributed by atoms with Crippen molar-refractivity contribution in [1.29, 1.82) is 0 Å². The van der Waals surface area contributed by atoms with Crippen LogP contribution in [0.2, 0.25) is 0 Å². The maximum absolute atomic E-state index is 12.9. The van der Waals surface area contributed by atoms with E-state index in [0.29, 0.717) is 17.4 Å². The number of phosphoric ester groups is 1. The molecule has 0 aliphatic carbocycles. The van der Waals surface area contributed by atoms with Crippen LogP contribution >= 0.6 is 7.82 Å². The molecule has 2 atom stereocenters. The van der Waals surface area contributed by atoms with Crippen LogP contribution in [0.3, 0.4) is 0 Å². The third-order valence-electron chi connectivity index (χ3n) is 15.6. The van der Waals surface area contributed by atoms with Gasteiger partial charge in [-0.2, -0.15) is 0 Å². The Morgan fingerprint density at radius 2 is 0.663 bits per heavy atom. The van der Waals surface area contributed by atoms with Crippen molar-refractivity contribution in [1.82, 2.24) is 0 Å². The van der Waals surface area contributed by atoms with E-state index in [9.17, 15) is 19.0 Å². The summed E-state index contributed by atoms with van der Waals surface area (Å²) in [6.45, 7) is 4.33. The van der Waals surface area contributed by atoms with Crippen LogP contribution in [-0.4, -0.2) is 74.9 Å². The Morgan fingerprint density at radius 3 is 0.988 bits per heavy atom. The Labute approximate surface area is 532 Å². The van der Waals surface area contributed by atoms with Crippen LogP contribution in [0.4, 0.5) is 0 Å². The minimum atomic E-state index is -4.40. The summed E-state index contributed by atoms with van der Waals surface area (Å²) >= 11 is 0. The molecule has 0 saturated carbocycles. The first-order chi connectivity index (χ1) is 42.0. The van der Waals surface area contributed by atoms with E-state index in [2.05, 4.69) is 111 Å². The van der Waals surface area contributed by atoms with Crippen LogP contribution < -0.4 is 0 Å². The number of likely N-dealkylation sites (N-methyl/N-ethyl adjacent to an activating group) is 1. The third kappa shape index (κ3) is 70.0. The average Bonchev–Trinajstić information content (AvgIpc) is 3.56. The molecule has 0 amide bonds. The molecule has 498 valence electrons. The second kappa shape index (κ2) is 66.4. The van der Waals surface area contributed by atoms with Gasteiger partial charge in [0.05, 0.1) is 27.7 Å². The SMILES string of the molecule is CC/C=C\C/C=C\C/C=C\C/C=C\C/C=C\CCCCCCCCCCCCCCCCCCCCCCCCCC(=O)OC(COC(=O)CCCCCCCCCC/C=C\C/C=C\C/C=C\CCCCCCC)COP(=O)(O)OCC[N+](C)(C)C. The number of ether oxygens (including phenoxy) is 2. The summed E-state index contributed by atoms with van der Waals surface area (Å²) in [5, 5.41) is 0. The molecule has 0 radical (unpaired) electrons. The fraction of sp³-hybridized carbons (Fsp3) is 0.763. The van der Waals surface area contributed by atoms with Crippen LogP contribution in [0, 0.1) is 0 Å².